The first-order valence-electron chi connectivity index (χ1n) is 6.82. The highest BCUT2D eigenvalue weighted by Gasteiger charge is 2.17. The van der Waals surface area contributed by atoms with Crippen molar-refractivity contribution in [3.05, 3.63) is 22.7 Å². The molecule has 6 heteroatoms. The minimum atomic E-state index is -0.195. The van der Waals surface area contributed by atoms with Crippen molar-refractivity contribution in [1.29, 1.82) is 0 Å². The Morgan fingerprint density at radius 3 is 2.57 bits per heavy atom. The van der Waals surface area contributed by atoms with Crippen molar-refractivity contribution in [2.45, 2.75) is 39.7 Å². The van der Waals surface area contributed by atoms with Gasteiger partial charge in [-0.3, -0.25) is 4.79 Å². The lowest BCUT2D eigenvalue weighted by molar-refractivity contribution is 0.0932. The summed E-state index contributed by atoms with van der Waals surface area (Å²) < 4.78 is 5.19. The van der Waals surface area contributed by atoms with Gasteiger partial charge < -0.3 is 15.8 Å². The van der Waals surface area contributed by atoms with Crippen LogP contribution in [0.5, 0.6) is 5.75 Å². The fourth-order valence-corrected chi connectivity index (χ4v) is 2.21. The minimum absolute atomic E-state index is 0. The summed E-state index contributed by atoms with van der Waals surface area (Å²) in [6.45, 7) is 6.31. The Kier molecular flexibility index (Phi) is 8.52. The van der Waals surface area contributed by atoms with Crippen molar-refractivity contribution in [2.24, 2.45) is 5.92 Å². The zero-order valence-electron chi connectivity index (χ0n) is 12.9. The molecule has 0 fully saturated rings. The molecule has 2 unspecified atom stereocenters. The Hall–Kier alpha value is -1.13. The average molecular weight is 335 g/mol. The van der Waals surface area contributed by atoms with Gasteiger partial charge in [-0.15, -0.1) is 12.4 Å². The van der Waals surface area contributed by atoms with Crippen molar-refractivity contribution in [2.75, 3.05) is 12.8 Å². The lowest BCUT2D eigenvalue weighted by Crippen LogP contribution is -2.34. The van der Waals surface area contributed by atoms with Gasteiger partial charge in [0.25, 0.3) is 5.91 Å². The van der Waals surface area contributed by atoms with Crippen LogP contribution in [-0.2, 0) is 0 Å². The maximum absolute atomic E-state index is 12.3. The van der Waals surface area contributed by atoms with Crippen LogP contribution >= 0.6 is 24.0 Å². The number of ether oxygens (including phenoxy) is 1. The maximum Gasteiger partial charge on any atom is 0.255 e. The molecule has 0 saturated carbocycles. The number of amides is 1. The van der Waals surface area contributed by atoms with Crippen LogP contribution in [0.2, 0.25) is 5.02 Å². The number of nitrogen functional groups attached to an aromatic ring is 1. The third kappa shape index (κ3) is 5.64. The molecule has 1 aromatic rings. The van der Waals surface area contributed by atoms with Gasteiger partial charge in [-0.25, -0.2) is 0 Å². The van der Waals surface area contributed by atoms with E-state index < -0.39 is 0 Å². The van der Waals surface area contributed by atoms with Crippen LogP contribution in [0.15, 0.2) is 12.1 Å². The van der Waals surface area contributed by atoms with E-state index in [4.69, 9.17) is 22.1 Å². The number of nitrogens with one attached hydrogen (secondary N) is 1. The first-order valence-corrected chi connectivity index (χ1v) is 7.20. The number of benzene rings is 1. The molecular formula is C15H24Cl2N2O2. The number of hydrogen-bond donors (Lipinski definition) is 2. The predicted molar refractivity (Wildman–Crippen MR) is 90.7 cm³/mol. The maximum atomic E-state index is 12.3. The number of rotatable bonds is 6. The van der Waals surface area contributed by atoms with Gasteiger partial charge in [-0.2, -0.15) is 0 Å². The highest BCUT2D eigenvalue weighted by Crippen LogP contribution is 2.28. The minimum Gasteiger partial charge on any atom is -0.496 e. The molecule has 0 aliphatic rings. The van der Waals surface area contributed by atoms with Crippen molar-refractivity contribution >= 4 is 35.6 Å². The molecule has 0 saturated heterocycles. The highest BCUT2D eigenvalue weighted by molar-refractivity contribution is 6.33. The Morgan fingerprint density at radius 1 is 1.43 bits per heavy atom. The quantitative estimate of drug-likeness (QED) is 0.775. The fourth-order valence-electron chi connectivity index (χ4n) is 2.05. The summed E-state index contributed by atoms with van der Waals surface area (Å²) in [6, 6.07) is 3.20. The summed E-state index contributed by atoms with van der Waals surface area (Å²) in [7, 11) is 1.50. The Labute approximate surface area is 137 Å². The monoisotopic (exact) mass is 334 g/mol. The zero-order chi connectivity index (χ0) is 15.3. The molecular weight excluding hydrogens is 311 g/mol. The highest BCUT2D eigenvalue weighted by atomic mass is 35.5. The van der Waals surface area contributed by atoms with E-state index in [1.54, 1.807) is 12.1 Å². The molecule has 2 atom stereocenters. The van der Waals surface area contributed by atoms with E-state index in [0.717, 1.165) is 12.8 Å². The summed E-state index contributed by atoms with van der Waals surface area (Å²) in [4.78, 5) is 12.3. The summed E-state index contributed by atoms with van der Waals surface area (Å²) in [6.07, 6.45) is 2.03. The SMILES string of the molecule is CCC(C)CC(C)NC(=O)c1cc(Cl)c(N)cc1OC.Cl. The van der Waals surface area contributed by atoms with Crippen molar-refractivity contribution in [3.63, 3.8) is 0 Å². The second-order valence-electron chi connectivity index (χ2n) is 5.20. The topological polar surface area (TPSA) is 64.4 Å². The van der Waals surface area contributed by atoms with Gasteiger partial charge in [0, 0.05) is 12.1 Å². The standard InChI is InChI=1S/C15H23ClN2O2.ClH/c1-5-9(2)6-10(3)18-15(19)11-7-12(16)13(17)8-14(11)20-4;/h7-10H,5-6,17H2,1-4H3,(H,18,19);1H. The number of hydrogen-bond acceptors (Lipinski definition) is 3. The van der Waals surface area contributed by atoms with E-state index in [0.29, 0.717) is 27.9 Å². The molecule has 0 aliphatic heterocycles. The fraction of sp³-hybridized carbons (Fsp3) is 0.533. The first kappa shape index (κ1) is 19.9. The molecule has 0 heterocycles. The lowest BCUT2D eigenvalue weighted by Gasteiger charge is -2.18. The molecule has 0 bridgehead atoms. The Bertz CT molecular complexity index is 481. The third-order valence-electron chi connectivity index (χ3n) is 3.39. The number of methoxy groups -OCH3 is 1. The normalized spacial score (nSPS) is 13.0. The van der Waals surface area contributed by atoms with Gasteiger partial charge in [-0.1, -0.05) is 31.9 Å². The molecule has 4 nitrogen and oxygen atoms in total. The van der Waals surface area contributed by atoms with Gasteiger partial charge in [0.05, 0.1) is 23.4 Å². The summed E-state index contributed by atoms with van der Waals surface area (Å²) in [5.41, 5.74) is 6.51. The smallest absolute Gasteiger partial charge is 0.255 e. The number of halogens is 2. The Balaban J connectivity index is 0.00000400. The van der Waals surface area contributed by atoms with E-state index in [9.17, 15) is 4.79 Å². The Morgan fingerprint density at radius 2 is 2.05 bits per heavy atom. The van der Waals surface area contributed by atoms with Crippen LogP contribution < -0.4 is 15.8 Å². The van der Waals surface area contributed by atoms with Crippen molar-refractivity contribution < 1.29 is 9.53 Å². The van der Waals surface area contributed by atoms with Gasteiger partial charge in [0.15, 0.2) is 0 Å². The van der Waals surface area contributed by atoms with Gasteiger partial charge in [0.2, 0.25) is 0 Å². The molecule has 1 aromatic carbocycles. The molecule has 0 spiro atoms. The number of anilines is 1. The summed E-state index contributed by atoms with van der Waals surface area (Å²) in [5, 5.41) is 3.32. The summed E-state index contributed by atoms with van der Waals surface area (Å²) in [5.74, 6) is 0.807. The first-order chi connectivity index (χ1) is 9.38. The molecule has 120 valence electrons. The van der Waals surface area contributed by atoms with Crippen LogP contribution in [0.3, 0.4) is 0 Å². The molecule has 0 aromatic heterocycles. The van der Waals surface area contributed by atoms with Crippen LogP contribution in [0.1, 0.15) is 44.0 Å². The van der Waals surface area contributed by atoms with Crippen molar-refractivity contribution in [1.82, 2.24) is 5.32 Å². The average Bonchev–Trinajstić information content (AvgIpc) is 2.40. The second-order valence-corrected chi connectivity index (χ2v) is 5.60. The van der Waals surface area contributed by atoms with Gasteiger partial charge in [-0.05, 0) is 25.3 Å². The summed E-state index contributed by atoms with van der Waals surface area (Å²) >= 11 is 5.97. The molecule has 3 N–H and O–H groups in total. The van der Waals surface area contributed by atoms with E-state index in [1.165, 1.54) is 7.11 Å². The second kappa shape index (κ2) is 9.00. The van der Waals surface area contributed by atoms with E-state index in [1.807, 2.05) is 6.92 Å². The van der Waals surface area contributed by atoms with Crippen LogP contribution in [0, 0.1) is 5.92 Å². The third-order valence-corrected chi connectivity index (χ3v) is 3.72. The van der Waals surface area contributed by atoms with E-state index >= 15 is 0 Å². The lowest BCUT2D eigenvalue weighted by atomic mass is 10.00. The number of carbonyl (C=O) groups excluding carboxylic acids is 1. The molecule has 0 aliphatic carbocycles. The van der Waals surface area contributed by atoms with Gasteiger partial charge in [0.1, 0.15) is 5.75 Å². The molecule has 1 amide bonds. The van der Waals surface area contributed by atoms with Crippen molar-refractivity contribution in [3.8, 4) is 5.75 Å². The zero-order valence-corrected chi connectivity index (χ0v) is 14.5. The van der Waals surface area contributed by atoms with Crippen LogP contribution in [0.25, 0.3) is 0 Å². The molecule has 0 radical (unpaired) electrons. The number of nitrogens with two attached hydrogens (primary N) is 1. The van der Waals surface area contributed by atoms with Gasteiger partial charge >= 0.3 is 0 Å². The molecule has 1 rings (SSSR count). The van der Waals surface area contributed by atoms with Crippen LogP contribution in [0.4, 0.5) is 5.69 Å². The predicted octanol–water partition coefficient (Wildman–Crippen LogP) is 3.91. The largest absolute Gasteiger partial charge is 0.496 e. The molecule has 21 heavy (non-hydrogen) atoms. The number of carbonyl (C=O) groups is 1. The van der Waals surface area contributed by atoms with Crippen LogP contribution in [-0.4, -0.2) is 19.1 Å². The van der Waals surface area contributed by atoms with E-state index in [-0.39, 0.29) is 24.4 Å². The van der Waals surface area contributed by atoms with E-state index in [2.05, 4.69) is 19.2 Å².